The van der Waals surface area contributed by atoms with Crippen LogP contribution in [0.1, 0.15) is 23.6 Å². The van der Waals surface area contributed by atoms with E-state index in [0.717, 1.165) is 11.1 Å². The molecule has 0 aromatic heterocycles. The Bertz CT molecular complexity index is 836. The summed E-state index contributed by atoms with van der Waals surface area (Å²) < 4.78 is 10.7. The summed E-state index contributed by atoms with van der Waals surface area (Å²) in [6.45, 7) is 3.97. The summed E-state index contributed by atoms with van der Waals surface area (Å²) >= 11 is 0. The molecule has 2 rings (SSSR count). The van der Waals surface area contributed by atoms with Crippen LogP contribution in [-0.2, 0) is 16.8 Å². The topological polar surface area (TPSA) is 67.8 Å². The van der Waals surface area contributed by atoms with Crippen molar-refractivity contribution in [2.45, 2.75) is 25.9 Å². The lowest BCUT2D eigenvalue weighted by molar-refractivity contribution is -0.138. The zero-order valence-corrected chi connectivity index (χ0v) is 15.9. The van der Waals surface area contributed by atoms with Gasteiger partial charge in [0.05, 0.1) is 7.11 Å². The molecule has 0 spiro atoms. The molecule has 2 N–H and O–H groups in total. The number of aryl methyl sites for hydroxylation is 1. The van der Waals surface area contributed by atoms with Gasteiger partial charge in [-0.25, -0.2) is 0 Å². The maximum atomic E-state index is 12.4. The molecule has 5 heteroatoms. The molecule has 2 aromatic rings. The van der Waals surface area contributed by atoms with Crippen molar-refractivity contribution in [1.82, 2.24) is 5.32 Å². The van der Waals surface area contributed by atoms with Crippen LogP contribution in [0.3, 0.4) is 0 Å². The van der Waals surface area contributed by atoms with Gasteiger partial charge in [0.2, 0.25) is 0 Å². The highest BCUT2D eigenvalue weighted by Gasteiger charge is 2.32. The maximum absolute atomic E-state index is 12.4. The second-order valence-corrected chi connectivity index (χ2v) is 6.43. The van der Waals surface area contributed by atoms with Crippen molar-refractivity contribution < 1.29 is 19.4 Å². The van der Waals surface area contributed by atoms with Gasteiger partial charge in [-0.15, -0.1) is 6.42 Å². The number of hydrogen-bond donors (Lipinski definition) is 2. The summed E-state index contributed by atoms with van der Waals surface area (Å²) in [4.78, 5) is 12.4. The average Bonchev–Trinajstić information content (AvgIpc) is 2.66. The highest BCUT2D eigenvalue weighted by molar-refractivity contribution is 5.85. The molecule has 1 unspecified atom stereocenters. The lowest BCUT2D eigenvalue weighted by Gasteiger charge is -2.23. The molecule has 1 amide bonds. The number of terminal acetylenes is 1. The van der Waals surface area contributed by atoms with E-state index in [2.05, 4.69) is 11.2 Å². The van der Waals surface area contributed by atoms with Gasteiger partial charge in [-0.1, -0.05) is 41.8 Å². The Morgan fingerprint density at radius 3 is 2.70 bits per heavy atom. The number of carbonyl (C=O) groups excluding carboxylic acids is 1. The minimum Gasteiger partial charge on any atom is -0.493 e. The van der Waals surface area contributed by atoms with Gasteiger partial charge in [-0.3, -0.25) is 4.79 Å². The first-order valence-corrected chi connectivity index (χ1v) is 8.69. The molecule has 0 saturated carbocycles. The highest BCUT2D eigenvalue weighted by Crippen LogP contribution is 2.28. The van der Waals surface area contributed by atoms with E-state index in [1.165, 1.54) is 6.92 Å². The number of amides is 1. The Hall–Kier alpha value is -2.97. The quantitative estimate of drug-likeness (QED) is 0.704. The normalized spacial score (nSPS) is 12.6. The van der Waals surface area contributed by atoms with Crippen molar-refractivity contribution in [3.05, 3.63) is 59.2 Å². The third-order valence-corrected chi connectivity index (χ3v) is 4.26. The summed E-state index contributed by atoms with van der Waals surface area (Å²) in [6.07, 6.45) is 5.79. The van der Waals surface area contributed by atoms with Crippen molar-refractivity contribution in [1.29, 1.82) is 0 Å². The maximum Gasteiger partial charge on any atom is 0.256 e. The number of hydrogen-bond acceptors (Lipinski definition) is 4. The summed E-state index contributed by atoms with van der Waals surface area (Å²) in [6, 6.07) is 12.8. The first kappa shape index (κ1) is 20.3. The van der Waals surface area contributed by atoms with E-state index in [9.17, 15) is 9.90 Å². The van der Waals surface area contributed by atoms with Crippen LogP contribution in [0.4, 0.5) is 0 Å². The Kier molecular flexibility index (Phi) is 6.86. The molecule has 0 fully saturated rings. The number of nitrogens with one attached hydrogen (secondary N) is 1. The van der Waals surface area contributed by atoms with E-state index in [1.54, 1.807) is 25.3 Å². The third-order valence-electron chi connectivity index (χ3n) is 4.26. The van der Waals surface area contributed by atoms with Crippen LogP contribution < -0.4 is 14.8 Å². The fraction of sp³-hybridized carbons (Fsp3) is 0.318. The summed E-state index contributed by atoms with van der Waals surface area (Å²) in [5.41, 5.74) is 0.934. The molecule has 1 atom stereocenters. The van der Waals surface area contributed by atoms with E-state index in [1.807, 2.05) is 31.2 Å². The van der Waals surface area contributed by atoms with Gasteiger partial charge in [-0.2, -0.15) is 0 Å². The molecule has 0 aliphatic heterocycles. The van der Waals surface area contributed by atoms with Crippen molar-refractivity contribution >= 4 is 5.91 Å². The second kappa shape index (κ2) is 9.11. The molecular weight excluding hydrogens is 342 g/mol. The van der Waals surface area contributed by atoms with E-state index in [-0.39, 0.29) is 6.61 Å². The van der Waals surface area contributed by atoms with Crippen LogP contribution in [0.15, 0.2) is 42.5 Å². The first-order valence-electron chi connectivity index (χ1n) is 8.69. The Morgan fingerprint density at radius 1 is 1.26 bits per heavy atom. The number of rotatable bonds is 8. The van der Waals surface area contributed by atoms with E-state index in [0.29, 0.717) is 30.0 Å². The van der Waals surface area contributed by atoms with Crippen molar-refractivity contribution in [3.63, 3.8) is 0 Å². The van der Waals surface area contributed by atoms with Gasteiger partial charge in [0, 0.05) is 6.54 Å². The molecule has 2 aromatic carbocycles. The van der Waals surface area contributed by atoms with Crippen LogP contribution >= 0.6 is 0 Å². The molecule has 27 heavy (non-hydrogen) atoms. The fourth-order valence-electron chi connectivity index (χ4n) is 2.68. The lowest BCUT2D eigenvalue weighted by atomic mass is 9.93. The van der Waals surface area contributed by atoms with Crippen molar-refractivity contribution in [2.75, 3.05) is 20.3 Å². The molecule has 0 aliphatic carbocycles. The molecule has 0 bridgehead atoms. The highest BCUT2D eigenvalue weighted by atomic mass is 16.5. The molecule has 0 saturated heterocycles. The molecule has 0 radical (unpaired) electrons. The molecule has 142 valence electrons. The number of methoxy groups -OCH3 is 1. The minimum absolute atomic E-state index is 0.166. The monoisotopic (exact) mass is 367 g/mol. The van der Waals surface area contributed by atoms with Gasteiger partial charge in [0.1, 0.15) is 6.61 Å². The summed E-state index contributed by atoms with van der Waals surface area (Å²) in [5, 5.41) is 13.4. The van der Waals surface area contributed by atoms with Crippen molar-refractivity contribution in [2.24, 2.45) is 0 Å². The number of benzene rings is 2. The summed E-state index contributed by atoms with van der Waals surface area (Å²) in [7, 11) is 1.56. The smallest absolute Gasteiger partial charge is 0.256 e. The predicted molar refractivity (Wildman–Crippen MR) is 105 cm³/mol. The molecular formula is C22H25NO4. The average molecular weight is 367 g/mol. The van der Waals surface area contributed by atoms with Crippen LogP contribution in [0.2, 0.25) is 0 Å². The Labute approximate surface area is 160 Å². The van der Waals surface area contributed by atoms with Gasteiger partial charge < -0.3 is 19.9 Å². The van der Waals surface area contributed by atoms with E-state index >= 15 is 0 Å². The SMILES string of the molecule is C#CCOc1ccc(CCNC(=O)C(C)(O)c2cccc(C)c2)cc1OC. The molecule has 5 nitrogen and oxygen atoms in total. The number of carbonyl (C=O) groups is 1. The van der Waals surface area contributed by atoms with Crippen molar-refractivity contribution in [3.8, 4) is 23.8 Å². The summed E-state index contributed by atoms with van der Waals surface area (Å²) in [5.74, 6) is 3.13. The van der Waals surface area contributed by atoms with E-state index in [4.69, 9.17) is 15.9 Å². The van der Waals surface area contributed by atoms with Gasteiger partial charge >= 0.3 is 0 Å². The van der Waals surface area contributed by atoms with Gasteiger partial charge in [0.25, 0.3) is 5.91 Å². The fourth-order valence-corrected chi connectivity index (χ4v) is 2.68. The van der Waals surface area contributed by atoms with Crippen LogP contribution in [0.25, 0.3) is 0 Å². The van der Waals surface area contributed by atoms with E-state index < -0.39 is 11.5 Å². The Morgan fingerprint density at radius 2 is 2.04 bits per heavy atom. The number of aliphatic hydroxyl groups is 1. The largest absolute Gasteiger partial charge is 0.493 e. The number of ether oxygens (including phenoxy) is 2. The third kappa shape index (κ3) is 5.25. The molecule has 0 heterocycles. The van der Waals surface area contributed by atoms with Gasteiger partial charge in [-0.05, 0) is 43.5 Å². The standard InChI is InChI=1S/C22H25NO4/c1-5-13-27-19-10-9-17(15-20(19)26-4)11-12-23-21(24)22(3,25)18-8-6-7-16(2)14-18/h1,6-10,14-15,25H,11-13H2,2-4H3,(H,23,24). The zero-order chi connectivity index (χ0) is 19.9. The second-order valence-electron chi connectivity index (χ2n) is 6.43. The predicted octanol–water partition coefficient (Wildman–Crippen LogP) is 2.58. The van der Waals surface area contributed by atoms with Crippen LogP contribution in [-0.4, -0.2) is 31.3 Å². The first-order chi connectivity index (χ1) is 12.9. The lowest BCUT2D eigenvalue weighted by Crippen LogP contribution is -2.43. The zero-order valence-electron chi connectivity index (χ0n) is 15.9. The van der Waals surface area contributed by atoms with Crippen LogP contribution in [0.5, 0.6) is 11.5 Å². The molecule has 0 aliphatic rings. The van der Waals surface area contributed by atoms with Crippen LogP contribution in [0, 0.1) is 19.3 Å². The van der Waals surface area contributed by atoms with Gasteiger partial charge in [0.15, 0.2) is 17.1 Å². The Balaban J connectivity index is 1.97. The minimum atomic E-state index is -1.59.